The second kappa shape index (κ2) is 9.40. The Morgan fingerprint density at radius 1 is 1.26 bits per heavy atom. The molecule has 3 rings (SSSR count). The standard InChI is InChI=1S/C20H22N4O5S2/c1-11(2)7-24-17(21)16(19(27)23(3)20(24)28)14(25)8-29-15(26)6-13-10-31-18(22-13)12-4-5-30-9-12/h4-5,9-11H,6-8,21H2,1-3H3. The van der Waals surface area contributed by atoms with E-state index in [9.17, 15) is 19.2 Å². The normalized spacial score (nSPS) is 11.1. The lowest BCUT2D eigenvalue weighted by Gasteiger charge is -2.16. The minimum atomic E-state index is -0.816. The van der Waals surface area contributed by atoms with E-state index < -0.39 is 29.6 Å². The number of carbonyl (C=O) groups excluding carboxylic acids is 2. The van der Waals surface area contributed by atoms with Crippen LogP contribution in [0.15, 0.2) is 31.8 Å². The van der Waals surface area contributed by atoms with Crippen LogP contribution < -0.4 is 17.0 Å². The number of ether oxygens (including phenoxy) is 1. The molecule has 0 unspecified atom stereocenters. The molecular weight excluding hydrogens is 440 g/mol. The van der Waals surface area contributed by atoms with Gasteiger partial charge in [0.15, 0.2) is 6.61 Å². The first-order chi connectivity index (χ1) is 14.7. The van der Waals surface area contributed by atoms with Gasteiger partial charge in [-0.05, 0) is 17.4 Å². The number of thiophene rings is 1. The summed E-state index contributed by atoms with van der Waals surface area (Å²) in [5.74, 6) is -1.57. The third kappa shape index (κ3) is 5.00. The zero-order chi connectivity index (χ0) is 22.7. The smallest absolute Gasteiger partial charge is 0.332 e. The number of Topliss-reactive ketones (excluding diaryl/α,β-unsaturated/α-hetero) is 1. The van der Waals surface area contributed by atoms with Crippen molar-refractivity contribution in [3.05, 3.63) is 54.3 Å². The van der Waals surface area contributed by atoms with Crippen LogP contribution in [0.3, 0.4) is 0 Å². The van der Waals surface area contributed by atoms with Crippen molar-refractivity contribution in [2.75, 3.05) is 12.3 Å². The highest BCUT2D eigenvalue weighted by Crippen LogP contribution is 2.25. The van der Waals surface area contributed by atoms with Gasteiger partial charge in [-0.15, -0.1) is 11.3 Å². The highest BCUT2D eigenvalue weighted by molar-refractivity contribution is 7.14. The van der Waals surface area contributed by atoms with Gasteiger partial charge < -0.3 is 10.5 Å². The molecule has 11 heteroatoms. The minimum absolute atomic E-state index is 0.0652. The summed E-state index contributed by atoms with van der Waals surface area (Å²) in [6.45, 7) is 3.35. The van der Waals surface area contributed by atoms with Crippen molar-refractivity contribution in [2.24, 2.45) is 13.0 Å². The second-order valence-corrected chi connectivity index (χ2v) is 8.97. The van der Waals surface area contributed by atoms with Crippen LogP contribution in [0.5, 0.6) is 0 Å². The Labute approximate surface area is 185 Å². The van der Waals surface area contributed by atoms with Crippen LogP contribution >= 0.6 is 22.7 Å². The summed E-state index contributed by atoms with van der Waals surface area (Å²) >= 11 is 2.97. The van der Waals surface area contributed by atoms with Crippen LogP contribution in [0, 0.1) is 5.92 Å². The van der Waals surface area contributed by atoms with Crippen molar-refractivity contribution < 1.29 is 14.3 Å². The molecular formula is C20H22N4O5S2. The molecule has 3 heterocycles. The molecule has 9 nitrogen and oxygen atoms in total. The molecule has 0 spiro atoms. The van der Waals surface area contributed by atoms with Crippen LogP contribution in [0.1, 0.15) is 29.9 Å². The van der Waals surface area contributed by atoms with Gasteiger partial charge in [0.2, 0.25) is 5.78 Å². The van der Waals surface area contributed by atoms with Crippen LogP contribution in [-0.4, -0.2) is 32.5 Å². The highest BCUT2D eigenvalue weighted by atomic mass is 32.1. The molecule has 0 amide bonds. The van der Waals surface area contributed by atoms with E-state index in [4.69, 9.17) is 10.5 Å². The summed E-state index contributed by atoms with van der Waals surface area (Å²) in [5.41, 5.74) is 5.70. The summed E-state index contributed by atoms with van der Waals surface area (Å²) in [5, 5.41) is 6.45. The van der Waals surface area contributed by atoms with E-state index in [2.05, 4.69) is 4.98 Å². The molecule has 3 aromatic rings. The molecule has 3 aromatic heterocycles. The predicted octanol–water partition coefficient (Wildman–Crippen LogP) is 1.94. The number of rotatable bonds is 8. The Morgan fingerprint density at radius 2 is 2.00 bits per heavy atom. The summed E-state index contributed by atoms with van der Waals surface area (Å²) in [6, 6.07) is 1.94. The monoisotopic (exact) mass is 462 g/mol. The van der Waals surface area contributed by atoms with Gasteiger partial charge >= 0.3 is 11.7 Å². The van der Waals surface area contributed by atoms with Gasteiger partial charge in [0.1, 0.15) is 16.4 Å². The number of esters is 1. The number of carbonyl (C=O) groups is 2. The van der Waals surface area contributed by atoms with Crippen molar-refractivity contribution >= 4 is 40.2 Å². The number of thiazole rings is 1. The van der Waals surface area contributed by atoms with E-state index in [1.54, 1.807) is 16.7 Å². The zero-order valence-electron chi connectivity index (χ0n) is 17.3. The van der Waals surface area contributed by atoms with E-state index in [1.165, 1.54) is 23.0 Å². The van der Waals surface area contributed by atoms with Crippen molar-refractivity contribution in [3.8, 4) is 10.6 Å². The summed E-state index contributed by atoms with van der Waals surface area (Å²) in [4.78, 5) is 53.9. The van der Waals surface area contributed by atoms with E-state index in [-0.39, 0.29) is 30.3 Å². The topological polar surface area (TPSA) is 126 Å². The summed E-state index contributed by atoms with van der Waals surface area (Å²) in [7, 11) is 1.27. The fourth-order valence-electron chi connectivity index (χ4n) is 2.91. The van der Waals surface area contributed by atoms with Crippen LogP contribution in [0.4, 0.5) is 5.82 Å². The van der Waals surface area contributed by atoms with Gasteiger partial charge in [-0.1, -0.05) is 13.8 Å². The number of anilines is 1. The molecule has 0 aliphatic rings. The van der Waals surface area contributed by atoms with Crippen molar-refractivity contribution in [1.29, 1.82) is 0 Å². The predicted molar refractivity (Wildman–Crippen MR) is 120 cm³/mol. The molecule has 31 heavy (non-hydrogen) atoms. The quantitative estimate of drug-likeness (QED) is 0.400. The van der Waals surface area contributed by atoms with E-state index >= 15 is 0 Å². The van der Waals surface area contributed by atoms with Crippen molar-refractivity contribution in [2.45, 2.75) is 26.8 Å². The number of ketones is 1. The fraction of sp³-hybridized carbons (Fsp3) is 0.350. The Balaban J connectivity index is 1.70. The van der Waals surface area contributed by atoms with E-state index in [0.717, 1.165) is 15.1 Å². The lowest BCUT2D eigenvalue weighted by molar-refractivity contribution is -0.141. The molecule has 0 aromatic carbocycles. The van der Waals surface area contributed by atoms with Gasteiger partial charge in [-0.3, -0.25) is 23.5 Å². The average Bonchev–Trinajstić information content (AvgIpc) is 3.40. The first kappa shape index (κ1) is 22.6. The molecule has 0 saturated carbocycles. The lowest BCUT2D eigenvalue weighted by atomic mass is 10.1. The van der Waals surface area contributed by atoms with Crippen LogP contribution in [0.2, 0.25) is 0 Å². The molecule has 2 N–H and O–H groups in total. The highest BCUT2D eigenvalue weighted by Gasteiger charge is 2.23. The molecule has 0 saturated heterocycles. The van der Waals surface area contributed by atoms with E-state index in [1.807, 2.05) is 30.7 Å². The number of nitrogens with two attached hydrogens (primary N) is 1. The van der Waals surface area contributed by atoms with Gasteiger partial charge in [-0.2, -0.15) is 11.3 Å². The van der Waals surface area contributed by atoms with E-state index in [0.29, 0.717) is 5.69 Å². The number of hydrogen-bond acceptors (Lipinski definition) is 9. The molecule has 0 aliphatic heterocycles. The van der Waals surface area contributed by atoms with Gasteiger partial charge in [0, 0.05) is 29.9 Å². The molecule has 0 bridgehead atoms. The Bertz CT molecular complexity index is 1220. The SMILES string of the molecule is CC(C)Cn1c(N)c(C(=O)COC(=O)Cc2csc(-c3ccsc3)n2)c(=O)n(C)c1=O. The maximum atomic E-state index is 12.6. The second-order valence-electron chi connectivity index (χ2n) is 7.33. The first-order valence-electron chi connectivity index (χ1n) is 9.44. The Hall–Kier alpha value is -3.05. The molecule has 0 aliphatic carbocycles. The Morgan fingerprint density at radius 3 is 2.65 bits per heavy atom. The van der Waals surface area contributed by atoms with Crippen LogP contribution in [0.25, 0.3) is 10.6 Å². The Kier molecular flexibility index (Phi) is 6.86. The van der Waals surface area contributed by atoms with Gasteiger partial charge in [0.05, 0.1) is 12.1 Å². The first-order valence-corrected chi connectivity index (χ1v) is 11.3. The third-order valence-corrected chi connectivity index (χ3v) is 6.04. The molecule has 164 valence electrons. The fourth-order valence-corrected chi connectivity index (χ4v) is 4.44. The zero-order valence-corrected chi connectivity index (χ0v) is 18.9. The van der Waals surface area contributed by atoms with Gasteiger partial charge in [0.25, 0.3) is 5.56 Å². The van der Waals surface area contributed by atoms with Crippen molar-refractivity contribution in [1.82, 2.24) is 14.1 Å². The van der Waals surface area contributed by atoms with Crippen LogP contribution in [-0.2, 0) is 29.5 Å². The van der Waals surface area contributed by atoms with Gasteiger partial charge in [-0.25, -0.2) is 9.78 Å². The lowest BCUT2D eigenvalue weighted by Crippen LogP contribution is -2.43. The summed E-state index contributed by atoms with van der Waals surface area (Å²) < 4.78 is 7.06. The number of aromatic nitrogens is 3. The third-order valence-electron chi connectivity index (χ3n) is 4.42. The number of nitrogen functional groups attached to an aromatic ring is 1. The molecule has 0 radical (unpaired) electrons. The largest absolute Gasteiger partial charge is 0.457 e. The molecule has 0 fully saturated rings. The number of nitrogens with zero attached hydrogens (tertiary/aromatic N) is 3. The maximum Gasteiger partial charge on any atom is 0.332 e. The minimum Gasteiger partial charge on any atom is -0.457 e. The van der Waals surface area contributed by atoms with Crippen molar-refractivity contribution in [3.63, 3.8) is 0 Å². The number of hydrogen-bond donors (Lipinski definition) is 1. The maximum absolute atomic E-state index is 12.6. The molecule has 0 atom stereocenters. The average molecular weight is 463 g/mol. The summed E-state index contributed by atoms with van der Waals surface area (Å²) in [6.07, 6.45) is -0.103.